The number of hydrogen-bond donors (Lipinski definition) is 2. The molecule has 36 heavy (non-hydrogen) atoms. The van der Waals surface area contributed by atoms with Crippen LogP contribution in [0.1, 0.15) is 65.8 Å². The summed E-state index contributed by atoms with van der Waals surface area (Å²) in [4.78, 5) is 37.1. The molecule has 3 aromatic rings. The number of hydrogen-bond acceptors (Lipinski definition) is 7. The van der Waals surface area contributed by atoms with Gasteiger partial charge in [-0.25, -0.2) is 24.7 Å². The molecule has 2 N–H and O–H groups in total. The highest BCUT2D eigenvalue weighted by Gasteiger charge is 2.37. The van der Waals surface area contributed by atoms with Crippen molar-refractivity contribution in [2.45, 2.75) is 58.0 Å². The summed E-state index contributed by atoms with van der Waals surface area (Å²) in [5.41, 5.74) is 5.02. The van der Waals surface area contributed by atoms with Gasteiger partial charge in [-0.3, -0.25) is 4.99 Å². The molecule has 2 aromatic heterocycles. The summed E-state index contributed by atoms with van der Waals surface area (Å²) in [6, 6.07) is 7.19. The molecule has 3 aliphatic rings. The Balaban J connectivity index is 1.32. The summed E-state index contributed by atoms with van der Waals surface area (Å²) in [5, 5.41) is 12.6. The number of carboxylic acid groups (broad SMARTS) is 1. The number of benzene rings is 1. The van der Waals surface area contributed by atoms with Crippen molar-refractivity contribution in [2.24, 2.45) is 10.9 Å². The molecule has 0 amide bonds. The molecule has 9 nitrogen and oxygen atoms in total. The van der Waals surface area contributed by atoms with Crippen molar-refractivity contribution >= 4 is 23.3 Å². The fraction of sp³-hybridized carbons (Fsp3) is 0.407. The standard InChI is InChI=1S/C27H29N7O2/c1-15-23(24(19-9-10-19)31-14-30-15)25-29-12-21-26(33-25)34(16(2)18-7-8-18)13-22(32-21)28-11-17-3-5-20(6-4-17)27(35)36/h3-6,12,14,16,18-19H,7-11,13H2,1-2H3,(H,28,32)(H,35,36). The molecule has 1 aromatic carbocycles. The van der Waals surface area contributed by atoms with Crippen LogP contribution >= 0.6 is 0 Å². The van der Waals surface area contributed by atoms with E-state index in [1.165, 1.54) is 12.8 Å². The van der Waals surface area contributed by atoms with Gasteiger partial charge in [0.1, 0.15) is 17.9 Å². The molecule has 0 saturated heterocycles. The molecule has 184 valence electrons. The van der Waals surface area contributed by atoms with Crippen molar-refractivity contribution in [3.8, 4) is 11.4 Å². The molecular weight excluding hydrogens is 454 g/mol. The van der Waals surface area contributed by atoms with Crippen LogP contribution in [0.4, 0.5) is 11.5 Å². The Morgan fingerprint density at radius 3 is 2.64 bits per heavy atom. The van der Waals surface area contributed by atoms with E-state index in [1.807, 2.05) is 25.3 Å². The number of nitrogens with one attached hydrogen (secondary N) is 1. The van der Waals surface area contributed by atoms with Crippen LogP contribution in [0.2, 0.25) is 0 Å². The monoisotopic (exact) mass is 483 g/mol. The van der Waals surface area contributed by atoms with Crippen LogP contribution in [-0.4, -0.2) is 49.4 Å². The highest BCUT2D eigenvalue weighted by Crippen LogP contribution is 2.44. The Hall–Kier alpha value is -3.88. The predicted octanol–water partition coefficient (Wildman–Crippen LogP) is 4.45. The van der Waals surface area contributed by atoms with Crippen LogP contribution in [0, 0.1) is 12.8 Å². The van der Waals surface area contributed by atoms with Crippen molar-refractivity contribution in [3.63, 3.8) is 0 Å². The Kier molecular flexibility index (Phi) is 5.62. The van der Waals surface area contributed by atoms with E-state index < -0.39 is 5.97 Å². The Morgan fingerprint density at radius 2 is 1.94 bits per heavy atom. The fourth-order valence-corrected chi connectivity index (χ4v) is 4.87. The van der Waals surface area contributed by atoms with Crippen molar-refractivity contribution in [2.75, 3.05) is 16.8 Å². The summed E-state index contributed by atoms with van der Waals surface area (Å²) in [6.45, 7) is 5.37. The zero-order valence-corrected chi connectivity index (χ0v) is 20.5. The van der Waals surface area contributed by atoms with Gasteiger partial charge in [-0.2, -0.15) is 0 Å². The minimum absolute atomic E-state index is 0.275. The number of fused-ring (bicyclic) bond motifs is 1. The molecule has 1 atom stereocenters. The molecule has 0 bridgehead atoms. The van der Waals surface area contributed by atoms with Gasteiger partial charge in [0.2, 0.25) is 0 Å². The normalized spacial score (nSPS) is 19.1. The zero-order valence-electron chi connectivity index (χ0n) is 20.5. The number of aryl methyl sites for hydroxylation is 1. The van der Waals surface area contributed by atoms with Gasteiger partial charge in [0.25, 0.3) is 0 Å². The number of carboxylic acids is 1. The first kappa shape index (κ1) is 22.6. The van der Waals surface area contributed by atoms with E-state index in [0.717, 1.165) is 52.7 Å². The van der Waals surface area contributed by atoms with E-state index in [4.69, 9.17) is 20.1 Å². The number of amidine groups is 1. The van der Waals surface area contributed by atoms with Gasteiger partial charge in [-0.15, -0.1) is 0 Å². The molecule has 2 saturated carbocycles. The zero-order chi connectivity index (χ0) is 24.8. The van der Waals surface area contributed by atoms with E-state index in [1.54, 1.807) is 18.5 Å². The highest BCUT2D eigenvalue weighted by atomic mass is 16.4. The van der Waals surface area contributed by atoms with E-state index in [9.17, 15) is 4.79 Å². The number of anilines is 2. The third-order valence-electron chi connectivity index (χ3n) is 7.34. The third-order valence-corrected chi connectivity index (χ3v) is 7.34. The lowest BCUT2D eigenvalue weighted by Gasteiger charge is -2.36. The average molecular weight is 484 g/mol. The van der Waals surface area contributed by atoms with E-state index in [0.29, 0.717) is 36.8 Å². The van der Waals surface area contributed by atoms with Gasteiger partial charge in [-0.1, -0.05) is 12.1 Å². The molecule has 0 radical (unpaired) electrons. The van der Waals surface area contributed by atoms with Gasteiger partial charge in [0.05, 0.1) is 41.8 Å². The van der Waals surface area contributed by atoms with Gasteiger partial charge in [-0.05, 0) is 63.1 Å². The smallest absolute Gasteiger partial charge is 0.335 e. The number of rotatable bonds is 7. The van der Waals surface area contributed by atoms with Crippen molar-refractivity contribution < 1.29 is 9.90 Å². The minimum Gasteiger partial charge on any atom is -0.478 e. The molecule has 2 fully saturated rings. The van der Waals surface area contributed by atoms with Crippen molar-refractivity contribution in [1.29, 1.82) is 0 Å². The van der Waals surface area contributed by atoms with Crippen LogP contribution in [0.15, 0.2) is 41.8 Å². The topological polar surface area (TPSA) is 116 Å². The number of nitrogens with zero attached hydrogens (tertiary/aromatic N) is 6. The van der Waals surface area contributed by atoms with Crippen LogP contribution in [0.3, 0.4) is 0 Å². The number of carbonyl (C=O) groups is 1. The molecule has 1 unspecified atom stereocenters. The SMILES string of the molecule is Cc1ncnc(C2CC2)c1-c1ncc2c(n1)N(C(C)C1CC1)CC(=NCc1ccc(C(=O)O)cc1)N2. The first-order chi connectivity index (χ1) is 17.5. The Bertz CT molecular complexity index is 1350. The molecule has 2 aliphatic carbocycles. The Morgan fingerprint density at radius 1 is 1.17 bits per heavy atom. The second kappa shape index (κ2) is 8.96. The maximum atomic E-state index is 11.1. The molecule has 6 rings (SSSR count). The van der Waals surface area contributed by atoms with E-state index in [-0.39, 0.29) is 5.56 Å². The average Bonchev–Trinajstić information content (AvgIpc) is 3.80. The maximum Gasteiger partial charge on any atom is 0.335 e. The van der Waals surface area contributed by atoms with Crippen LogP contribution in [0.25, 0.3) is 11.4 Å². The third kappa shape index (κ3) is 4.41. The van der Waals surface area contributed by atoms with Gasteiger partial charge < -0.3 is 15.3 Å². The van der Waals surface area contributed by atoms with Crippen LogP contribution < -0.4 is 10.2 Å². The molecule has 0 spiro atoms. The lowest BCUT2D eigenvalue weighted by Crippen LogP contribution is -2.45. The second-order valence-electron chi connectivity index (χ2n) is 10.0. The predicted molar refractivity (Wildman–Crippen MR) is 137 cm³/mol. The maximum absolute atomic E-state index is 11.1. The van der Waals surface area contributed by atoms with E-state index >= 15 is 0 Å². The summed E-state index contributed by atoms with van der Waals surface area (Å²) in [7, 11) is 0. The van der Waals surface area contributed by atoms with Crippen LogP contribution in [0.5, 0.6) is 0 Å². The van der Waals surface area contributed by atoms with Gasteiger partial charge in [0, 0.05) is 12.0 Å². The van der Waals surface area contributed by atoms with Crippen LogP contribution in [-0.2, 0) is 6.54 Å². The molecule has 1 aliphatic heterocycles. The first-order valence-corrected chi connectivity index (χ1v) is 12.6. The summed E-state index contributed by atoms with van der Waals surface area (Å²) in [5.74, 6) is 2.64. The Labute approximate surface area is 209 Å². The quantitative estimate of drug-likeness (QED) is 0.506. The largest absolute Gasteiger partial charge is 0.478 e. The van der Waals surface area contributed by atoms with Gasteiger partial charge >= 0.3 is 5.97 Å². The fourth-order valence-electron chi connectivity index (χ4n) is 4.87. The van der Waals surface area contributed by atoms with Crippen molar-refractivity contribution in [3.05, 3.63) is 59.3 Å². The number of aromatic carboxylic acids is 1. The number of aliphatic imine (C=N–C) groups is 1. The lowest BCUT2D eigenvalue weighted by molar-refractivity contribution is 0.0697. The highest BCUT2D eigenvalue weighted by molar-refractivity contribution is 6.04. The number of aromatic nitrogens is 4. The first-order valence-electron chi connectivity index (χ1n) is 12.6. The molecule has 3 heterocycles. The second-order valence-corrected chi connectivity index (χ2v) is 10.0. The minimum atomic E-state index is -0.927. The van der Waals surface area contributed by atoms with Crippen molar-refractivity contribution in [1.82, 2.24) is 19.9 Å². The molecule has 9 heteroatoms. The van der Waals surface area contributed by atoms with Gasteiger partial charge in [0.15, 0.2) is 11.6 Å². The summed E-state index contributed by atoms with van der Waals surface area (Å²) < 4.78 is 0. The summed E-state index contributed by atoms with van der Waals surface area (Å²) in [6.07, 6.45) is 8.27. The summed E-state index contributed by atoms with van der Waals surface area (Å²) >= 11 is 0. The van der Waals surface area contributed by atoms with E-state index in [2.05, 4.69) is 27.1 Å². The molecular formula is C27H29N7O2. The lowest BCUT2D eigenvalue weighted by atomic mass is 10.1.